The van der Waals surface area contributed by atoms with Gasteiger partial charge in [-0.15, -0.1) is 10.2 Å². The maximum absolute atomic E-state index is 12.3. The molecule has 3 aromatic carbocycles. The van der Waals surface area contributed by atoms with Gasteiger partial charge in [-0.3, -0.25) is 9.36 Å². The van der Waals surface area contributed by atoms with Crippen molar-refractivity contribution in [3.05, 3.63) is 114 Å². The Kier molecular flexibility index (Phi) is 6.69. The molecule has 1 amide bonds. The fourth-order valence-corrected chi connectivity index (χ4v) is 5.63. The third kappa shape index (κ3) is 4.89. The highest BCUT2D eigenvalue weighted by Gasteiger charge is 2.34. The van der Waals surface area contributed by atoms with E-state index >= 15 is 0 Å². The van der Waals surface area contributed by atoms with Crippen molar-refractivity contribution in [1.29, 1.82) is 0 Å². The first-order chi connectivity index (χ1) is 19.4. The smallest absolute Gasteiger partial charge is 0.237 e. The zero-order valence-electron chi connectivity index (χ0n) is 22.5. The van der Waals surface area contributed by atoms with E-state index in [4.69, 9.17) is 21.7 Å². The first kappa shape index (κ1) is 25.6. The SMILES string of the molecule is CC(N)(CC(Cc1c[nH]c2ccccc12)c1nnc(CCc2c[nH]c3ccccc23)n1-c1ccccc1)C(N)=O. The van der Waals surface area contributed by atoms with Crippen molar-refractivity contribution in [3.8, 4) is 5.69 Å². The number of hydrogen-bond donors (Lipinski definition) is 4. The Bertz CT molecular complexity index is 1780. The zero-order chi connectivity index (χ0) is 27.7. The van der Waals surface area contributed by atoms with Crippen molar-refractivity contribution in [2.75, 3.05) is 0 Å². The van der Waals surface area contributed by atoms with E-state index in [1.54, 1.807) is 6.92 Å². The van der Waals surface area contributed by atoms with Crippen LogP contribution in [-0.2, 0) is 24.1 Å². The van der Waals surface area contributed by atoms with Crippen LogP contribution >= 0.6 is 0 Å². The van der Waals surface area contributed by atoms with Gasteiger partial charge >= 0.3 is 0 Å². The van der Waals surface area contributed by atoms with Crippen molar-refractivity contribution in [2.24, 2.45) is 11.5 Å². The van der Waals surface area contributed by atoms with Crippen LogP contribution < -0.4 is 11.5 Å². The summed E-state index contributed by atoms with van der Waals surface area (Å²) in [5.41, 5.74) is 16.5. The Morgan fingerprint density at radius 3 is 2.12 bits per heavy atom. The predicted molar refractivity (Wildman–Crippen MR) is 158 cm³/mol. The maximum atomic E-state index is 12.3. The molecular formula is C32H33N7O. The van der Waals surface area contributed by atoms with E-state index in [0.29, 0.717) is 19.3 Å². The summed E-state index contributed by atoms with van der Waals surface area (Å²) < 4.78 is 2.13. The van der Waals surface area contributed by atoms with Crippen molar-refractivity contribution < 1.29 is 4.79 Å². The van der Waals surface area contributed by atoms with Crippen molar-refractivity contribution >= 4 is 27.7 Å². The Balaban J connectivity index is 1.41. The van der Waals surface area contributed by atoms with Gasteiger partial charge in [0, 0.05) is 52.2 Å². The van der Waals surface area contributed by atoms with Gasteiger partial charge in [0.05, 0.1) is 5.54 Å². The average molecular weight is 532 g/mol. The fourth-order valence-electron chi connectivity index (χ4n) is 5.63. The van der Waals surface area contributed by atoms with E-state index in [0.717, 1.165) is 45.7 Å². The quantitative estimate of drug-likeness (QED) is 0.199. The third-order valence-electron chi connectivity index (χ3n) is 7.80. The second-order valence-electron chi connectivity index (χ2n) is 10.8. The number of carbonyl (C=O) groups is 1. The molecule has 0 fully saturated rings. The van der Waals surface area contributed by atoms with Gasteiger partial charge in [-0.1, -0.05) is 54.6 Å². The lowest BCUT2D eigenvalue weighted by molar-refractivity contribution is -0.122. The molecule has 202 valence electrons. The van der Waals surface area contributed by atoms with E-state index < -0.39 is 11.4 Å². The van der Waals surface area contributed by atoms with Crippen LogP contribution in [0.2, 0.25) is 0 Å². The minimum atomic E-state index is -1.21. The molecule has 0 spiro atoms. The number of nitrogens with two attached hydrogens (primary N) is 2. The number of carbonyl (C=O) groups excluding carboxylic acids is 1. The van der Waals surface area contributed by atoms with Crippen molar-refractivity contribution in [1.82, 2.24) is 24.7 Å². The van der Waals surface area contributed by atoms with E-state index in [-0.39, 0.29) is 5.92 Å². The molecule has 0 radical (unpaired) electrons. The highest BCUT2D eigenvalue weighted by atomic mass is 16.1. The second-order valence-corrected chi connectivity index (χ2v) is 10.8. The van der Waals surface area contributed by atoms with Crippen molar-refractivity contribution in [3.63, 3.8) is 0 Å². The van der Waals surface area contributed by atoms with Gasteiger partial charge in [0.15, 0.2) is 0 Å². The number of primary amides is 1. The van der Waals surface area contributed by atoms with Crippen LogP contribution in [0.3, 0.4) is 0 Å². The normalized spacial score (nSPS) is 13.9. The molecule has 3 heterocycles. The molecule has 2 unspecified atom stereocenters. The summed E-state index contributed by atoms with van der Waals surface area (Å²) >= 11 is 0. The van der Waals surface area contributed by atoms with Gasteiger partial charge in [-0.2, -0.15) is 0 Å². The Hall–Kier alpha value is -4.69. The summed E-state index contributed by atoms with van der Waals surface area (Å²) in [6, 6.07) is 26.6. The second kappa shape index (κ2) is 10.5. The predicted octanol–water partition coefficient (Wildman–Crippen LogP) is 4.93. The number of H-pyrrole nitrogens is 2. The lowest BCUT2D eigenvalue weighted by Crippen LogP contribution is -2.50. The van der Waals surface area contributed by atoms with Gasteiger partial charge in [0.1, 0.15) is 11.6 Å². The summed E-state index contributed by atoms with van der Waals surface area (Å²) in [4.78, 5) is 19.1. The number of hydrogen-bond acceptors (Lipinski definition) is 4. The molecule has 6 rings (SSSR count). The van der Waals surface area contributed by atoms with Gasteiger partial charge in [0.2, 0.25) is 5.91 Å². The standard InChI is InChI=1S/C32H33N7O/c1-32(34,31(33)40)18-22(17-23-20-36-28-14-8-6-12-26(23)28)30-38-37-29(39(30)24-9-3-2-4-10-24)16-15-21-19-35-27-13-7-5-11-25(21)27/h2-14,19-20,22,35-36H,15-18,34H2,1H3,(H2,33,40). The minimum Gasteiger partial charge on any atom is -0.368 e. The number of rotatable bonds is 10. The highest BCUT2D eigenvalue weighted by Crippen LogP contribution is 2.33. The molecule has 6 N–H and O–H groups in total. The van der Waals surface area contributed by atoms with Crippen LogP contribution in [0.4, 0.5) is 0 Å². The van der Waals surface area contributed by atoms with Gasteiger partial charge in [0.25, 0.3) is 0 Å². The van der Waals surface area contributed by atoms with Crippen LogP contribution in [0.25, 0.3) is 27.5 Å². The monoisotopic (exact) mass is 531 g/mol. The summed E-state index contributed by atoms with van der Waals surface area (Å²) in [5, 5.41) is 11.8. The molecule has 3 aromatic heterocycles. The molecular weight excluding hydrogens is 498 g/mol. The lowest BCUT2D eigenvalue weighted by atomic mass is 9.84. The third-order valence-corrected chi connectivity index (χ3v) is 7.80. The number of amides is 1. The van der Waals surface area contributed by atoms with E-state index in [1.807, 2.05) is 42.6 Å². The average Bonchev–Trinajstić information content (AvgIpc) is 3.69. The number of aromatic nitrogens is 5. The van der Waals surface area contributed by atoms with Gasteiger partial charge in [-0.05, 0) is 61.6 Å². The lowest BCUT2D eigenvalue weighted by Gasteiger charge is -2.27. The summed E-state index contributed by atoms with van der Waals surface area (Å²) in [5.74, 6) is 0.870. The van der Waals surface area contributed by atoms with E-state index in [9.17, 15) is 4.79 Å². The molecule has 0 saturated heterocycles. The Morgan fingerprint density at radius 1 is 0.850 bits per heavy atom. The molecule has 2 atom stereocenters. The molecule has 0 aliphatic carbocycles. The first-order valence-corrected chi connectivity index (χ1v) is 13.6. The Labute approximate surface area is 232 Å². The number of nitrogens with one attached hydrogen (secondary N) is 2. The molecule has 6 aromatic rings. The van der Waals surface area contributed by atoms with Gasteiger partial charge in [-0.25, -0.2) is 0 Å². The number of aromatic amines is 2. The van der Waals surface area contributed by atoms with Crippen LogP contribution in [0.15, 0.2) is 91.3 Å². The molecule has 0 aliphatic rings. The molecule has 8 heteroatoms. The molecule has 40 heavy (non-hydrogen) atoms. The van der Waals surface area contributed by atoms with Crippen LogP contribution in [0.5, 0.6) is 0 Å². The largest absolute Gasteiger partial charge is 0.368 e. The summed E-state index contributed by atoms with van der Waals surface area (Å²) in [6.45, 7) is 1.69. The fraction of sp³-hybridized carbons (Fsp3) is 0.219. The van der Waals surface area contributed by atoms with Gasteiger partial charge < -0.3 is 21.4 Å². The van der Waals surface area contributed by atoms with E-state index in [1.165, 1.54) is 10.9 Å². The molecule has 0 bridgehead atoms. The zero-order valence-corrected chi connectivity index (χ0v) is 22.5. The topological polar surface area (TPSA) is 131 Å². The van der Waals surface area contributed by atoms with Crippen molar-refractivity contribution in [2.45, 2.75) is 44.1 Å². The number of benzene rings is 3. The highest BCUT2D eigenvalue weighted by molar-refractivity contribution is 5.85. The molecule has 8 nitrogen and oxygen atoms in total. The Morgan fingerprint density at radius 2 is 1.45 bits per heavy atom. The van der Waals surface area contributed by atoms with E-state index in [2.05, 4.69) is 63.2 Å². The number of fused-ring (bicyclic) bond motifs is 2. The van der Waals surface area contributed by atoms with Crippen LogP contribution in [0.1, 0.15) is 42.0 Å². The minimum absolute atomic E-state index is 0.212. The molecule has 0 saturated carbocycles. The summed E-state index contributed by atoms with van der Waals surface area (Å²) in [6.07, 6.45) is 6.54. The number of nitrogens with zero attached hydrogens (tertiary/aromatic N) is 3. The first-order valence-electron chi connectivity index (χ1n) is 13.6. The number of aryl methyl sites for hydroxylation is 2. The maximum Gasteiger partial charge on any atom is 0.237 e. The molecule has 0 aliphatic heterocycles. The van der Waals surface area contributed by atoms with Crippen LogP contribution in [0, 0.1) is 0 Å². The van der Waals surface area contributed by atoms with Crippen LogP contribution in [-0.4, -0.2) is 36.2 Å². The summed E-state index contributed by atoms with van der Waals surface area (Å²) in [7, 11) is 0. The number of para-hydroxylation sites is 3.